The highest BCUT2D eigenvalue weighted by Crippen LogP contribution is 1.99. The smallest absolute Gasteiger partial charge is 0.219 e. The zero-order chi connectivity index (χ0) is 10.8. The van der Waals surface area contributed by atoms with E-state index >= 15 is 0 Å². The van der Waals surface area contributed by atoms with Gasteiger partial charge in [0.05, 0.1) is 0 Å². The van der Waals surface area contributed by atoms with Gasteiger partial charge < -0.3 is 10.6 Å². The molecule has 0 aliphatic heterocycles. The number of hydrogen-bond acceptors (Lipinski definition) is 2. The predicted octanol–water partition coefficient (Wildman–Crippen LogP) is 1.68. The molecule has 0 saturated carbocycles. The molecule has 0 aliphatic carbocycles. The van der Waals surface area contributed by atoms with Gasteiger partial charge in [-0.25, -0.2) is 0 Å². The molecule has 0 fully saturated rings. The second kappa shape index (κ2) is 9.00. The molecule has 0 aromatic carbocycles. The molecule has 14 heavy (non-hydrogen) atoms. The fraction of sp³-hybridized carbons (Fsp3) is 0.909. The van der Waals surface area contributed by atoms with Gasteiger partial charge in [-0.05, 0) is 26.3 Å². The normalized spacial score (nSPS) is 12.5. The maximum absolute atomic E-state index is 10.9. The number of amides is 1. The fourth-order valence-electron chi connectivity index (χ4n) is 1.33. The van der Waals surface area contributed by atoms with E-state index in [1.807, 2.05) is 0 Å². The van der Waals surface area contributed by atoms with Gasteiger partial charge >= 0.3 is 0 Å². The van der Waals surface area contributed by atoms with E-state index in [4.69, 9.17) is 0 Å². The Bertz CT molecular complexity index is 148. The van der Waals surface area contributed by atoms with Crippen molar-refractivity contribution in [1.29, 1.82) is 0 Å². The summed E-state index contributed by atoms with van der Waals surface area (Å²) in [5.74, 6) is 0.132. The molecule has 3 heteroatoms. The SMILES string of the molecule is CCCCC(C)NCCCC(=O)NC. The molecule has 0 heterocycles. The molecule has 84 valence electrons. The van der Waals surface area contributed by atoms with Crippen LogP contribution in [0.2, 0.25) is 0 Å². The Labute approximate surface area is 87.6 Å². The summed E-state index contributed by atoms with van der Waals surface area (Å²) in [7, 11) is 1.68. The fourth-order valence-corrected chi connectivity index (χ4v) is 1.33. The minimum atomic E-state index is 0.132. The summed E-state index contributed by atoms with van der Waals surface area (Å²) in [5.41, 5.74) is 0. The highest BCUT2D eigenvalue weighted by atomic mass is 16.1. The van der Waals surface area contributed by atoms with Crippen LogP contribution in [0.5, 0.6) is 0 Å². The Kier molecular flexibility index (Phi) is 8.64. The van der Waals surface area contributed by atoms with Crippen molar-refractivity contribution in [2.75, 3.05) is 13.6 Å². The van der Waals surface area contributed by atoms with Crippen molar-refractivity contribution >= 4 is 5.91 Å². The number of carbonyl (C=O) groups is 1. The summed E-state index contributed by atoms with van der Waals surface area (Å²) < 4.78 is 0. The highest BCUT2D eigenvalue weighted by Gasteiger charge is 2.01. The standard InChI is InChI=1S/C11H24N2O/c1-4-5-7-10(2)13-9-6-8-11(14)12-3/h10,13H,4-9H2,1-3H3,(H,12,14). The highest BCUT2D eigenvalue weighted by molar-refractivity contribution is 5.75. The van der Waals surface area contributed by atoms with Crippen molar-refractivity contribution in [2.45, 2.75) is 52.0 Å². The molecular weight excluding hydrogens is 176 g/mol. The van der Waals surface area contributed by atoms with Crippen LogP contribution in [0.15, 0.2) is 0 Å². The lowest BCUT2D eigenvalue weighted by Crippen LogP contribution is -2.28. The van der Waals surface area contributed by atoms with Crippen LogP contribution in [0.3, 0.4) is 0 Å². The topological polar surface area (TPSA) is 41.1 Å². The van der Waals surface area contributed by atoms with E-state index in [0.717, 1.165) is 13.0 Å². The van der Waals surface area contributed by atoms with Crippen LogP contribution in [0.4, 0.5) is 0 Å². The quantitative estimate of drug-likeness (QED) is 0.585. The summed E-state index contributed by atoms with van der Waals surface area (Å²) in [4.78, 5) is 10.9. The van der Waals surface area contributed by atoms with Crippen LogP contribution in [0.25, 0.3) is 0 Å². The van der Waals surface area contributed by atoms with E-state index in [1.165, 1.54) is 19.3 Å². The van der Waals surface area contributed by atoms with E-state index in [-0.39, 0.29) is 5.91 Å². The maximum Gasteiger partial charge on any atom is 0.219 e. The van der Waals surface area contributed by atoms with Crippen LogP contribution >= 0.6 is 0 Å². The molecule has 0 rings (SSSR count). The maximum atomic E-state index is 10.9. The predicted molar refractivity (Wildman–Crippen MR) is 60.3 cm³/mol. The Morgan fingerprint density at radius 1 is 1.36 bits per heavy atom. The van der Waals surface area contributed by atoms with E-state index in [0.29, 0.717) is 12.5 Å². The molecule has 0 aromatic rings. The van der Waals surface area contributed by atoms with Crippen molar-refractivity contribution in [3.63, 3.8) is 0 Å². The van der Waals surface area contributed by atoms with Gasteiger partial charge in [-0.3, -0.25) is 4.79 Å². The largest absolute Gasteiger partial charge is 0.359 e. The Hall–Kier alpha value is -0.570. The van der Waals surface area contributed by atoms with Gasteiger partial charge in [0.2, 0.25) is 5.91 Å². The lowest BCUT2D eigenvalue weighted by Gasteiger charge is -2.12. The van der Waals surface area contributed by atoms with Crippen molar-refractivity contribution in [1.82, 2.24) is 10.6 Å². The first-order valence-electron chi connectivity index (χ1n) is 5.64. The van der Waals surface area contributed by atoms with E-state index < -0.39 is 0 Å². The van der Waals surface area contributed by atoms with Gasteiger partial charge in [-0.2, -0.15) is 0 Å². The molecule has 0 radical (unpaired) electrons. The molecule has 0 aliphatic rings. The molecule has 1 unspecified atom stereocenters. The van der Waals surface area contributed by atoms with E-state index in [2.05, 4.69) is 24.5 Å². The second-order valence-electron chi connectivity index (χ2n) is 3.77. The van der Waals surface area contributed by atoms with Gasteiger partial charge in [0.25, 0.3) is 0 Å². The Morgan fingerprint density at radius 2 is 2.07 bits per heavy atom. The number of hydrogen-bond donors (Lipinski definition) is 2. The van der Waals surface area contributed by atoms with Gasteiger partial charge in [0, 0.05) is 19.5 Å². The lowest BCUT2D eigenvalue weighted by atomic mass is 10.1. The minimum absolute atomic E-state index is 0.132. The third kappa shape index (κ3) is 8.05. The van der Waals surface area contributed by atoms with Crippen LogP contribution in [0.1, 0.15) is 46.0 Å². The Morgan fingerprint density at radius 3 is 2.64 bits per heavy atom. The van der Waals surface area contributed by atoms with Gasteiger partial charge in [-0.15, -0.1) is 0 Å². The third-order valence-corrected chi connectivity index (χ3v) is 2.34. The second-order valence-corrected chi connectivity index (χ2v) is 3.77. The summed E-state index contributed by atoms with van der Waals surface area (Å²) in [6, 6.07) is 0.583. The van der Waals surface area contributed by atoms with Gasteiger partial charge in [-0.1, -0.05) is 19.8 Å². The molecule has 1 atom stereocenters. The number of unbranched alkanes of at least 4 members (excludes halogenated alkanes) is 1. The molecule has 0 aromatic heterocycles. The van der Waals surface area contributed by atoms with Crippen LogP contribution in [0, 0.1) is 0 Å². The molecule has 1 amide bonds. The average Bonchev–Trinajstić information content (AvgIpc) is 2.21. The monoisotopic (exact) mass is 200 g/mol. The zero-order valence-electron chi connectivity index (χ0n) is 9.73. The summed E-state index contributed by atoms with van der Waals surface area (Å²) in [6.45, 7) is 5.35. The number of rotatable bonds is 8. The zero-order valence-corrected chi connectivity index (χ0v) is 9.73. The third-order valence-electron chi connectivity index (χ3n) is 2.34. The molecule has 0 spiro atoms. The van der Waals surface area contributed by atoms with E-state index in [9.17, 15) is 4.79 Å². The molecule has 2 N–H and O–H groups in total. The van der Waals surface area contributed by atoms with Crippen LogP contribution in [-0.2, 0) is 4.79 Å². The number of nitrogens with one attached hydrogen (secondary N) is 2. The van der Waals surface area contributed by atoms with Crippen molar-refractivity contribution in [2.24, 2.45) is 0 Å². The van der Waals surface area contributed by atoms with E-state index in [1.54, 1.807) is 7.05 Å². The molecule has 0 saturated heterocycles. The van der Waals surface area contributed by atoms with Gasteiger partial charge in [0.1, 0.15) is 0 Å². The summed E-state index contributed by atoms with van der Waals surface area (Å²) in [6.07, 6.45) is 5.32. The van der Waals surface area contributed by atoms with Crippen LogP contribution < -0.4 is 10.6 Å². The summed E-state index contributed by atoms with van der Waals surface area (Å²) in [5, 5.41) is 6.04. The van der Waals surface area contributed by atoms with Crippen molar-refractivity contribution in [3.05, 3.63) is 0 Å². The molecule has 0 bridgehead atoms. The van der Waals surface area contributed by atoms with Crippen LogP contribution in [-0.4, -0.2) is 25.5 Å². The first-order chi connectivity index (χ1) is 6.70. The number of carbonyl (C=O) groups excluding carboxylic acids is 1. The summed E-state index contributed by atoms with van der Waals surface area (Å²) >= 11 is 0. The molecule has 3 nitrogen and oxygen atoms in total. The van der Waals surface area contributed by atoms with Crippen molar-refractivity contribution in [3.8, 4) is 0 Å². The average molecular weight is 200 g/mol. The van der Waals surface area contributed by atoms with Gasteiger partial charge in [0.15, 0.2) is 0 Å². The lowest BCUT2D eigenvalue weighted by molar-refractivity contribution is -0.120. The first kappa shape index (κ1) is 13.4. The Balaban J connectivity index is 3.22. The molecular formula is C11H24N2O. The minimum Gasteiger partial charge on any atom is -0.359 e. The van der Waals surface area contributed by atoms with Crippen molar-refractivity contribution < 1.29 is 4.79 Å². The first-order valence-corrected chi connectivity index (χ1v) is 5.64.